The van der Waals surface area contributed by atoms with Gasteiger partial charge in [-0.2, -0.15) is 0 Å². The lowest BCUT2D eigenvalue weighted by Crippen LogP contribution is -2.22. The van der Waals surface area contributed by atoms with Crippen LogP contribution >= 0.6 is 0 Å². The Hall–Kier alpha value is -1.12. The third-order valence-corrected chi connectivity index (χ3v) is 4.28. The van der Waals surface area contributed by atoms with Crippen LogP contribution in [0.3, 0.4) is 0 Å². The molecule has 0 aromatic carbocycles. The van der Waals surface area contributed by atoms with Crippen LogP contribution in [0.2, 0.25) is 0 Å². The Morgan fingerprint density at radius 1 is 0.870 bits per heavy atom. The lowest BCUT2D eigenvalue weighted by Gasteiger charge is -2.24. The van der Waals surface area contributed by atoms with Crippen molar-refractivity contribution in [2.24, 2.45) is 5.41 Å². The van der Waals surface area contributed by atoms with Crippen LogP contribution in [0, 0.1) is 5.41 Å². The number of aromatic nitrogens is 2. The normalized spacial score (nSPS) is 11.7. The maximum atomic E-state index is 5.99. The Morgan fingerprint density at radius 2 is 1.52 bits per heavy atom. The molecule has 0 aliphatic heterocycles. The zero-order valence-electron chi connectivity index (χ0n) is 15.7. The summed E-state index contributed by atoms with van der Waals surface area (Å²) in [6, 6.07) is 0. The van der Waals surface area contributed by atoms with Gasteiger partial charge in [0, 0.05) is 12.4 Å². The standard InChI is InChI=1S/C20H36N2O/c1-5-7-8-9-10-11-12-13-18-19(22-16-15-21-18)23-17-20(3,4)14-6-2/h15-16H,5-14,17H2,1-4H3. The van der Waals surface area contributed by atoms with Crippen LogP contribution in [-0.2, 0) is 6.42 Å². The van der Waals surface area contributed by atoms with Gasteiger partial charge in [-0.25, -0.2) is 4.98 Å². The summed E-state index contributed by atoms with van der Waals surface area (Å²) in [7, 11) is 0. The summed E-state index contributed by atoms with van der Waals surface area (Å²) in [6.07, 6.45) is 16.1. The maximum Gasteiger partial charge on any atom is 0.235 e. The van der Waals surface area contributed by atoms with E-state index in [1.54, 1.807) is 12.4 Å². The molecule has 0 saturated heterocycles. The van der Waals surface area contributed by atoms with Crippen molar-refractivity contribution in [1.82, 2.24) is 9.97 Å². The van der Waals surface area contributed by atoms with E-state index in [1.807, 2.05) is 0 Å². The van der Waals surface area contributed by atoms with Crippen LogP contribution in [0.5, 0.6) is 5.88 Å². The smallest absolute Gasteiger partial charge is 0.235 e. The first-order valence-corrected chi connectivity index (χ1v) is 9.51. The minimum atomic E-state index is 0.197. The minimum Gasteiger partial charge on any atom is -0.476 e. The van der Waals surface area contributed by atoms with Crippen molar-refractivity contribution >= 4 is 0 Å². The van der Waals surface area contributed by atoms with E-state index in [9.17, 15) is 0 Å². The second kappa shape index (κ2) is 11.4. The Labute approximate surface area is 143 Å². The van der Waals surface area contributed by atoms with E-state index in [0.717, 1.165) is 18.0 Å². The summed E-state index contributed by atoms with van der Waals surface area (Å²) in [4.78, 5) is 8.88. The van der Waals surface area contributed by atoms with E-state index in [-0.39, 0.29) is 5.41 Å². The minimum absolute atomic E-state index is 0.197. The molecule has 3 heteroatoms. The quantitative estimate of drug-likeness (QED) is 0.420. The van der Waals surface area contributed by atoms with Gasteiger partial charge in [0.25, 0.3) is 0 Å². The summed E-state index contributed by atoms with van der Waals surface area (Å²) in [6.45, 7) is 9.70. The van der Waals surface area contributed by atoms with Crippen molar-refractivity contribution in [1.29, 1.82) is 0 Å². The second-order valence-electron chi connectivity index (χ2n) is 7.38. The highest BCUT2D eigenvalue weighted by molar-refractivity contribution is 5.17. The third kappa shape index (κ3) is 8.92. The molecule has 0 amide bonds. The van der Waals surface area contributed by atoms with Gasteiger partial charge in [0.05, 0.1) is 6.61 Å². The van der Waals surface area contributed by atoms with Crippen LogP contribution in [0.15, 0.2) is 12.4 Å². The van der Waals surface area contributed by atoms with E-state index >= 15 is 0 Å². The zero-order chi connectivity index (χ0) is 17.0. The molecule has 1 rings (SSSR count). The zero-order valence-corrected chi connectivity index (χ0v) is 15.7. The average molecular weight is 321 g/mol. The van der Waals surface area contributed by atoms with Crippen LogP contribution in [0.1, 0.15) is 91.2 Å². The van der Waals surface area contributed by atoms with Crippen molar-refractivity contribution < 1.29 is 4.74 Å². The largest absolute Gasteiger partial charge is 0.476 e. The van der Waals surface area contributed by atoms with E-state index in [0.29, 0.717) is 6.61 Å². The molecule has 23 heavy (non-hydrogen) atoms. The summed E-state index contributed by atoms with van der Waals surface area (Å²) in [5.74, 6) is 0.739. The van der Waals surface area contributed by atoms with Crippen LogP contribution in [0.4, 0.5) is 0 Å². The topological polar surface area (TPSA) is 35.0 Å². The first-order chi connectivity index (χ1) is 11.1. The van der Waals surface area contributed by atoms with Crippen molar-refractivity contribution in [3.63, 3.8) is 0 Å². The predicted molar refractivity (Wildman–Crippen MR) is 97.9 cm³/mol. The van der Waals surface area contributed by atoms with Crippen LogP contribution in [-0.4, -0.2) is 16.6 Å². The first kappa shape index (κ1) is 19.9. The molecule has 132 valence electrons. The van der Waals surface area contributed by atoms with Gasteiger partial charge < -0.3 is 4.74 Å². The molecule has 0 unspecified atom stereocenters. The molecule has 0 aliphatic rings. The Kier molecular flexibility index (Phi) is 9.89. The molecular weight excluding hydrogens is 284 g/mol. The second-order valence-corrected chi connectivity index (χ2v) is 7.38. The number of unbranched alkanes of at least 4 members (excludes halogenated alkanes) is 6. The fourth-order valence-electron chi connectivity index (χ4n) is 2.91. The Morgan fingerprint density at radius 3 is 2.22 bits per heavy atom. The molecule has 1 aromatic heterocycles. The monoisotopic (exact) mass is 320 g/mol. The molecule has 0 spiro atoms. The first-order valence-electron chi connectivity index (χ1n) is 9.51. The number of hydrogen-bond donors (Lipinski definition) is 0. The molecule has 1 aromatic rings. The fourth-order valence-corrected chi connectivity index (χ4v) is 2.91. The van der Waals surface area contributed by atoms with Crippen LogP contribution < -0.4 is 4.74 Å². The lowest BCUT2D eigenvalue weighted by atomic mass is 9.89. The van der Waals surface area contributed by atoms with E-state index < -0.39 is 0 Å². The fraction of sp³-hybridized carbons (Fsp3) is 0.800. The molecule has 0 saturated carbocycles. The number of aryl methyl sites for hydroxylation is 1. The molecule has 3 nitrogen and oxygen atoms in total. The van der Waals surface area contributed by atoms with Crippen molar-refractivity contribution in [2.75, 3.05) is 6.61 Å². The predicted octanol–water partition coefficient (Wildman–Crippen LogP) is 5.97. The van der Waals surface area contributed by atoms with Gasteiger partial charge in [0.2, 0.25) is 5.88 Å². The average Bonchev–Trinajstić information content (AvgIpc) is 2.53. The Bertz CT molecular complexity index is 418. The lowest BCUT2D eigenvalue weighted by molar-refractivity contribution is 0.161. The molecule has 0 fully saturated rings. The Balaban J connectivity index is 2.36. The number of ether oxygens (including phenoxy) is 1. The van der Waals surface area contributed by atoms with E-state index in [4.69, 9.17) is 4.74 Å². The summed E-state index contributed by atoms with van der Waals surface area (Å²) >= 11 is 0. The molecule has 0 aliphatic carbocycles. The van der Waals surface area contributed by atoms with Gasteiger partial charge in [-0.3, -0.25) is 4.98 Å². The molecule has 0 atom stereocenters. The molecule has 0 bridgehead atoms. The summed E-state index contributed by atoms with van der Waals surface area (Å²) < 4.78 is 5.99. The number of nitrogens with zero attached hydrogens (tertiary/aromatic N) is 2. The van der Waals surface area contributed by atoms with Crippen molar-refractivity contribution in [3.05, 3.63) is 18.1 Å². The maximum absolute atomic E-state index is 5.99. The van der Waals surface area contributed by atoms with Crippen molar-refractivity contribution in [2.45, 2.75) is 91.9 Å². The third-order valence-electron chi connectivity index (χ3n) is 4.28. The molecular formula is C20H36N2O. The number of rotatable bonds is 13. The van der Waals surface area contributed by atoms with Crippen molar-refractivity contribution in [3.8, 4) is 5.88 Å². The highest BCUT2D eigenvalue weighted by atomic mass is 16.5. The number of hydrogen-bond acceptors (Lipinski definition) is 3. The SMILES string of the molecule is CCCCCCCCCc1nccnc1OCC(C)(C)CCC. The van der Waals surface area contributed by atoms with Gasteiger partial charge in [-0.1, -0.05) is 72.6 Å². The highest BCUT2D eigenvalue weighted by Crippen LogP contribution is 2.24. The molecule has 1 heterocycles. The van der Waals surface area contributed by atoms with Gasteiger partial charge >= 0.3 is 0 Å². The summed E-state index contributed by atoms with van der Waals surface area (Å²) in [5, 5.41) is 0. The highest BCUT2D eigenvalue weighted by Gasteiger charge is 2.19. The van der Waals surface area contributed by atoms with Gasteiger partial charge in [0.1, 0.15) is 5.69 Å². The van der Waals surface area contributed by atoms with Gasteiger partial charge in [-0.05, 0) is 24.7 Å². The molecule has 0 radical (unpaired) electrons. The summed E-state index contributed by atoms with van der Waals surface area (Å²) in [5.41, 5.74) is 1.22. The van der Waals surface area contributed by atoms with Gasteiger partial charge in [-0.15, -0.1) is 0 Å². The van der Waals surface area contributed by atoms with Crippen LogP contribution in [0.25, 0.3) is 0 Å². The van der Waals surface area contributed by atoms with Gasteiger partial charge in [0.15, 0.2) is 0 Å². The van der Waals surface area contributed by atoms with E-state index in [1.165, 1.54) is 57.8 Å². The molecule has 0 N–H and O–H groups in total. The van der Waals surface area contributed by atoms with E-state index in [2.05, 4.69) is 37.7 Å².